The minimum atomic E-state index is -0.268. The molecule has 0 aromatic heterocycles. The Morgan fingerprint density at radius 1 is 0.897 bits per heavy atom. The van der Waals surface area contributed by atoms with Crippen molar-refractivity contribution >= 4 is 33.4 Å². The van der Waals surface area contributed by atoms with E-state index in [0.29, 0.717) is 40.2 Å². The molecule has 2 amide bonds. The number of anilines is 1. The molecule has 0 atom stereocenters. The SMILES string of the molecule is CCOc1ccc(C(=O)Nc2cccc(C(=O)NCc3ccccc3)c2)cc1Br. The van der Waals surface area contributed by atoms with Crippen LogP contribution in [0.4, 0.5) is 5.69 Å². The van der Waals surface area contributed by atoms with E-state index in [2.05, 4.69) is 26.6 Å². The van der Waals surface area contributed by atoms with Crippen molar-refractivity contribution in [2.24, 2.45) is 0 Å². The Labute approximate surface area is 178 Å². The van der Waals surface area contributed by atoms with Gasteiger partial charge in [0.25, 0.3) is 11.8 Å². The van der Waals surface area contributed by atoms with Gasteiger partial charge in [-0.3, -0.25) is 9.59 Å². The Bertz CT molecular complexity index is 1010. The number of halogens is 1. The quantitative estimate of drug-likeness (QED) is 0.528. The van der Waals surface area contributed by atoms with Crippen LogP contribution in [0, 0.1) is 0 Å². The van der Waals surface area contributed by atoms with Gasteiger partial charge in [-0.25, -0.2) is 0 Å². The first-order valence-corrected chi connectivity index (χ1v) is 10.0. The summed E-state index contributed by atoms with van der Waals surface area (Å²) in [7, 11) is 0. The van der Waals surface area contributed by atoms with Crippen molar-refractivity contribution in [2.45, 2.75) is 13.5 Å². The van der Waals surface area contributed by atoms with Crippen molar-refractivity contribution in [1.82, 2.24) is 5.32 Å². The van der Waals surface area contributed by atoms with Gasteiger partial charge in [0.1, 0.15) is 5.75 Å². The number of nitrogens with one attached hydrogen (secondary N) is 2. The summed E-state index contributed by atoms with van der Waals surface area (Å²) in [6.07, 6.45) is 0. The molecule has 0 saturated heterocycles. The second-order valence-corrected chi connectivity index (χ2v) is 7.14. The second-order valence-electron chi connectivity index (χ2n) is 6.28. The summed E-state index contributed by atoms with van der Waals surface area (Å²) in [6, 6.07) is 21.7. The molecule has 0 aliphatic heterocycles. The Morgan fingerprint density at radius 2 is 1.66 bits per heavy atom. The van der Waals surface area contributed by atoms with Gasteiger partial charge < -0.3 is 15.4 Å². The maximum Gasteiger partial charge on any atom is 0.255 e. The van der Waals surface area contributed by atoms with Gasteiger partial charge in [-0.2, -0.15) is 0 Å². The lowest BCUT2D eigenvalue weighted by atomic mass is 10.1. The van der Waals surface area contributed by atoms with Crippen LogP contribution >= 0.6 is 15.9 Å². The summed E-state index contributed by atoms with van der Waals surface area (Å²) in [4.78, 5) is 25.0. The average molecular weight is 453 g/mol. The van der Waals surface area contributed by atoms with Gasteiger partial charge in [-0.05, 0) is 64.8 Å². The monoisotopic (exact) mass is 452 g/mol. The van der Waals surface area contributed by atoms with Crippen molar-refractivity contribution < 1.29 is 14.3 Å². The molecule has 3 rings (SSSR count). The van der Waals surface area contributed by atoms with E-state index >= 15 is 0 Å². The van der Waals surface area contributed by atoms with Crippen LogP contribution in [0.5, 0.6) is 5.75 Å². The number of amides is 2. The molecule has 148 valence electrons. The maximum atomic E-state index is 12.6. The normalized spacial score (nSPS) is 10.3. The Balaban J connectivity index is 1.65. The summed E-state index contributed by atoms with van der Waals surface area (Å²) in [5.74, 6) is 0.213. The van der Waals surface area contributed by atoms with Crippen LogP contribution in [0.2, 0.25) is 0 Å². The minimum absolute atomic E-state index is 0.200. The van der Waals surface area contributed by atoms with Crippen LogP contribution in [0.15, 0.2) is 77.3 Å². The second kappa shape index (κ2) is 9.89. The average Bonchev–Trinajstić information content (AvgIpc) is 2.74. The summed E-state index contributed by atoms with van der Waals surface area (Å²) in [5, 5.41) is 5.71. The van der Waals surface area contributed by atoms with Gasteiger partial charge in [0.2, 0.25) is 0 Å². The van der Waals surface area contributed by atoms with Crippen LogP contribution in [0.3, 0.4) is 0 Å². The van der Waals surface area contributed by atoms with E-state index in [1.165, 1.54) is 0 Å². The first kappa shape index (κ1) is 20.6. The van der Waals surface area contributed by atoms with Crippen LogP contribution in [0.25, 0.3) is 0 Å². The molecule has 0 heterocycles. The summed E-state index contributed by atoms with van der Waals surface area (Å²) in [5.41, 5.74) is 2.53. The number of rotatable bonds is 7. The van der Waals surface area contributed by atoms with Gasteiger partial charge in [0.15, 0.2) is 0 Å². The molecule has 3 aromatic rings. The zero-order valence-corrected chi connectivity index (χ0v) is 17.5. The van der Waals surface area contributed by atoms with Gasteiger partial charge in [0.05, 0.1) is 11.1 Å². The van der Waals surface area contributed by atoms with Gasteiger partial charge in [0, 0.05) is 23.4 Å². The lowest BCUT2D eigenvalue weighted by Gasteiger charge is -2.10. The highest BCUT2D eigenvalue weighted by Gasteiger charge is 2.11. The fourth-order valence-electron chi connectivity index (χ4n) is 2.74. The van der Waals surface area contributed by atoms with Crippen LogP contribution in [-0.2, 0) is 6.54 Å². The van der Waals surface area contributed by atoms with Crippen molar-refractivity contribution in [1.29, 1.82) is 0 Å². The molecule has 6 heteroatoms. The number of carbonyl (C=O) groups excluding carboxylic acids is 2. The molecule has 29 heavy (non-hydrogen) atoms. The fraction of sp³-hybridized carbons (Fsp3) is 0.130. The molecule has 0 unspecified atom stereocenters. The number of hydrogen-bond acceptors (Lipinski definition) is 3. The molecule has 0 saturated carbocycles. The summed E-state index contributed by atoms with van der Waals surface area (Å²) in [6.45, 7) is 2.88. The lowest BCUT2D eigenvalue weighted by molar-refractivity contribution is 0.0949. The van der Waals surface area contributed by atoms with Gasteiger partial charge in [-0.15, -0.1) is 0 Å². The van der Waals surface area contributed by atoms with E-state index in [-0.39, 0.29) is 11.8 Å². The molecular weight excluding hydrogens is 432 g/mol. The van der Waals surface area contributed by atoms with E-state index in [4.69, 9.17) is 4.74 Å². The Hall–Kier alpha value is -3.12. The molecule has 0 aliphatic carbocycles. The van der Waals surface area contributed by atoms with E-state index in [9.17, 15) is 9.59 Å². The Kier molecular flexibility index (Phi) is 7.03. The first-order chi connectivity index (χ1) is 14.1. The molecule has 0 spiro atoms. The van der Waals surface area contributed by atoms with Crippen molar-refractivity contribution in [3.8, 4) is 5.75 Å². The molecule has 2 N–H and O–H groups in total. The first-order valence-electron chi connectivity index (χ1n) is 9.22. The van der Waals surface area contributed by atoms with Crippen molar-refractivity contribution in [2.75, 3.05) is 11.9 Å². The van der Waals surface area contributed by atoms with Crippen LogP contribution in [0.1, 0.15) is 33.2 Å². The molecular formula is C23H21BrN2O3. The molecule has 0 bridgehead atoms. The van der Waals surface area contributed by atoms with Gasteiger partial charge in [-0.1, -0.05) is 36.4 Å². The van der Waals surface area contributed by atoms with Crippen molar-refractivity contribution in [3.63, 3.8) is 0 Å². The highest BCUT2D eigenvalue weighted by Crippen LogP contribution is 2.26. The number of carbonyl (C=O) groups is 2. The third-order valence-corrected chi connectivity index (χ3v) is 4.79. The molecule has 0 radical (unpaired) electrons. The van der Waals surface area contributed by atoms with E-state index in [1.54, 1.807) is 42.5 Å². The largest absolute Gasteiger partial charge is 0.493 e. The van der Waals surface area contributed by atoms with Crippen LogP contribution in [-0.4, -0.2) is 18.4 Å². The minimum Gasteiger partial charge on any atom is -0.493 e. The fourth-order valence-corrected chi connectivity index (χ4v) is 3.23. The summed E-state index contributed by atoms with van der Waals surface area (Å²) < 4.78 is 6.17. The smallest absolute Gasteiger partial charge is 0.255 e. The zero-order chi connectivity index (χ0) is 20.6. The summed E-state index contributed by atoms with van der Waals surface area (Å²) >= 11 is 3.41. The standard InChI is InChI=1S/C23H21BrN2O3/c1-2-29-21-12-11-18(14-20(21)24)23(28)26-19-10-6-9-17(13-19)22(27)25-15-16-7-4-3-5-8-16/h3-14H,2,15H2,1H3,(H,25,27)(H,26,28). The van der Waals surface area contributed by atoms with E-state index in [0.717, 1.165) is 5.56 Å². The topological polar surface area (TPSA) is 67.4 Å². The predicted octanol–water partition coefficient (Wildman–Crippen LogP) is 5.03. The molecule has 0 fully saturated rings. The number of benzene rings is 3. The molecule has 0 aliphatic rings. The number of hydrogen-bond donors (Lipinski definition) is 2. The van der Waals surface area contributed by atoms with Crippen LogP contribution < -0.4 is 15.4 Å². The van der Waals surface area contributed by atoms with E-state index in [1.807, 2.05) is 37.3 Å². The third kappa shape index (κ3) is 5.68. The molecule has 3 aromatic carbocycles. The Morgan fingerprint density at radius 3 is 2.38 bits per heavy atom. The zero-order valence-electron chi connectivity index (χ0n) is 15.9. The highest BCUT2D eigenvalue weighted by molar-refractivity contribution is 9.10. The predicted molar refractivity (Wildman–Crippen MR) is 117 cm³/mol. The van der Waals surface area contributed by atoms with Gasteiger partial charge >= 0.3 is 0 Å². The third-order valence-electron chi connectivity index (χ3n) is 4.17. The highest BCUT2D eigenvalue weighted by atomic mass is 79.9. The van der Waals surface area contributed by atoms with E-state index < -0.39 is 0 Å². The molecule has 5 nitrogen and oxygen atoms in total. The maximum absolute atomic E-state index is 12.6. The van der Waals surface area contributed by atoms with Crippen molar-refractivity contribution in [3.05, 3.63) is 94.0 Å². The number of ether oxygens (including phenoxy) is 1. The lowest BCUT2D eigenvalue weighted by Crippen LogP contribution is -2.23.